The van der Waals surface area contributed by atoms with Gasteiger partial charge in [0.15, 0.2) is 17.9 Å². The Kier molecular flexibility index (Phi) is 12.1. The minimum atomic E-state index is -1.33. The van der Waals surface area contributed by atoms with E-state index in [2.05, 4.69) is 30.8 Å². The van der Waals surface area contributed by atoms with Crippen molar-refractivity contribution in [1.82, 2.24) is 25.8 Å². The number of nitrogens with one attached hydrogen (secondary N) is 3. The molecular formula is C37H43N9O6. The Morgan fingerprint density at radius 3 is 2.38 bits per heavy atom. The van der Waals surface area contributed by atoms with Gasteiger partial charge in [-0.1, -0.05) is 53.7 Å². The number of aromatic nitrogens is 3. The molecule has 0 aliphatic carbocycles. The first-order valence-electron chi connectivity index (χ1n) is 16.8. The summed E-state index contributed by atoms with van der Waals surface area (Å²) in [5.74, 6) is -0.738. The highest BCUT2D eigenvalue weighted by Crippen LogP contribution is 2.26. The lowest BCUT2D eigenvalue weighted by molar-refractivity contribution is -0.134. The summed E-state index contributed by atoms with van der Waals surface area (Å²) in [7, 11) is 0. The van der Waals surface area contributed by atoms with Gasteiger partial charge in [-0.05, 0) is 72.7 Å². The molecule has 2 aromatic heterocycles. The fourth-order valence-electron chi connectivity index (χ4n) is 6.09. The van der Waals surface area contributed by atoms with E-state index in [4.69, 9.17) is 26.5 Å². The second kappa shape index (κ2) is 17.0. The SMILES string of the molecule is Cc1cc(O)cc(C)c1C[C@H](NC(=O)[C@@H](CCCN=C(N)N)OC(N)=O)C(=O)N[C@@H](Cc1c[nH]c2ccccc12)c1nc(Cc2ccccc2)no1. The molecule has 15 heteroatoms. The summed E-state index contributed by atoms with van der Waals surface area (Å²) < 4.78 is 10.9. The third kappa shape index (κ3) is 9.87. The summed E-state index contributed by atoms with van der Waals surface area (Å²) in [6.45, 7) is 3.78. The van der Waals surface area contributed by atoms with Crippen LogP contribution < -0.4 is 27.8 Å². The lowest BCUT2D eigenvalue weighted by Gasteiger charge is -2.25. The van der Waals surface area contributed by atoms with Crippen LogP contribution in [0.1, 0.15) is 58.4 Å². The highest BCUT2D eigenvalue weighted by molar-refractivity contribution is 5.91. The molecule has 52 heavy (non-hydrogen) atoms. The molecule has 0 radical (unpaired) electrons. The molecule has 0 aliphatic rings. The number of fused-ring (bicyclic) bond motifs is 1. The molecular weight excluding hydrogens is 666 g/mol. The van der Waals surface area contributed by atoms with Gasteiger partial charge < -0.3 is 47.2 Å². The van der Waals surface area contributed by atoms with Gasteiger partial charge in [0.25, 0.3) is 5.91 Å². The molecule has 0 unspecified atom stereocenters. The molecule has 2 heterocycles. The summed E-state index contributed by atoms with van der Waals surface area (Å²) >= 11 is 0. The quantitative estimate of drug-likeness (QED) is 0.0448. The monoisotopic (exact) mass is 709 g/mol. The average molecular weight is 710 g/mol. The summed E-state index contributed by atoms with van der Waals surface area (Å²) in [4.78, 5) is 51.7. The number of aliphatic imine (C=N–C) groups is 1. The second-order valence-electron chi connectivity index (χ2n) is 12.5. The normalized spacial score (nSPS) is 12.8. The number of amides is 3. The van der Waals surface area contributed by atoms with Crippen molar-refractivity contribution < 1.29 is 28.8 Å². The largest absolute Gasteiger partial charge is 0.508 e. The van der Waals surface area contributed by atoms with Crippen molar-refractivity contribution in [2.75, 3.05) is 6.54 Å². The number of H-pyrrole nitrogens is 1. The zero-order valence-electron chi connectivity index (χ0n) is 29.0. The predicted octanol–water partition coefficient (Wildman–Crippen LogP) is 3.11. The number of nitrogens with two attached hydrogens (primary N) is 3. The van der Waals surface area contributed by atoms with Crippen LogP contribution in [0.5, 0.6) is 5.75 Å². The van der Waals surface area contributed by atoms with E-state index in [-0.39, 0.29) is 49.8 Å². The van der Waals surface area contributed by atoms with E-state index < -0.39 is 36.1 Å². The standard InChI is InChI=1S/C37H43N9O6/c1-21-15-25(47)16-22(2)27(21)19-29(43-34(49)31(51-37(40)50)13-8-14-41-36(38)39)33(48)44-30(18-24-20-42-28-12-7-6-11-26(24)28)35-45-32(46-52-35)17-23-9-4-3-5-10-23/h3-7,9-12,15-16,20,29-31,42,47H,8,13-14,17-19H2,1-2H3,(H2,40,50)(H,43,49)(H,44,48)(H4,38,39,41)/t29-,30-,31+/m0/s1. The maximum absolute atomic E-state index is 14.4. The smallest absolute Gasteiger partial charge is 0.405 e. The van der Waals surface area contributed by atoms with Crippen molar-refractivity contribution in [3.8, 4) is 5.75 Å². The average Bonchev–Trinajstić information content (AvgIpc) is 3.74. The van der Waals surface area contributed by atoms with Crippen LogP contribution in [0.25, 0.3) is 10.9 Å². The number of carbonyl (C=O) groups excluding carboxylic acids is 3. The van der Waals surface area contributed by atoms with E-state index in [9.17, 15) is 19.5 Å². The van der Waals surface area contributed by atoms with Crippen LogP contribution in [0.3, 0.4) is 0 Å². The third-order valence-electron chi connectivity index (χ3n) is 8.59. The van der Waals surface area contributed by atoms with Gasteiger partial charge in [0.2, 0.25) is 11.8 Å². The lowest BCUT2D eigenvalue weighted by atomic mass is 9.95. The van der Waals surface area contributed by atoms with Crippen molar-refractivity contribution in [2.24, 2.45) is 22.2 Å². The van der Waals surface area contributed by atoms with Crippen LogP contribution in [0.4, 0.5) is 4.79 Å². The van der Waals surface area contributed by atoms with Gasteiger partial charge in [-0.25, -0.2) is 4.79 Å². The van der Waals surface area contributed by atoms with Crippen LogP contribution >= 0.6 is 0 Å². The van der Waals surface area contributed by atoms with Gasteiger partial charge in [-0.2, -0.15) is 4.98 Å². The third-order valence-corrected chi connectivity index (χ3v) is 8.59. The first-order chi connectivity index (χ1) is 25.0. The van der Waals surface area contributed by atoms with Gasteiger partial charge >= 0.3 is 6.09 Å². The Balaban J connectivity index is 1.46. The number of phenols is 1. The van der Waals surface area contributed by atoms with Gasteiger partial charge in [-0.3, -0.25) is 14.6 Å². The molecule has 0 aliphatic heterocycles. The number of hydrogen-bond donors (Lipinski definition) is 7. The van der Waals surface area contributed by atoms with Crippen LogP contribution in [0, 0.1) is 13.8 Å². The number of benzene rings is 3. The molecule has 0 spiro atoms. The number of ether oxygens (including phenoxy) is 1. The Labute approximate surface area is 300 Å². The number of aryl methyl sites for hydroxylation is 2. The van der Waals surface area contributed by atoms with Gasteiger partial charge in [0.1, 0.15) is 17.8 Å². The highest BCUT2D eigenvalue weighted by atomic mass is 16.6. The highest BCUT2D eigenvalue weighted by Gasteiger charge is 2.32. The molecule has 272 valence electrons. The number of phenolic OH excluding ortho intramolecular Hbond substituents is 1. The Hall–Kier alpha value is -6.38. The van der Waals surface area contributed by atoms with E-state index in [0.29, 0.717) is 23.4 Å². The summed E-state index contributed by atoms with van der Waals surface area (Å²) in [6, 6.07) is 18.6. The van der Waals surface area contributed by atoms with Gasteiger partial charge in [-0.15, -0.1) is 0 Å². The number of aromatic amines is 1. The maximum Gasteiger partial charge on any atom is 0.405 e. The van der Waals surface area contributed by atoms with Crippen molar-refractivity contribution >= 4 is 34.8 Å². The zero-order valence-corrected chi connectivity index (χ0v) is 29.0. The van der Waals surface area contributed by atoms with Crippen LogP contribution in [-0.4, -0.2) is 62.8 Å². The fourth-order valence-corrected chi connectivity index (χ4v) is 6.09. The molecule has 15 nitrogen and oxygen atoms in total. The minimum Gasteiger partial charge on any atom is -0.508 e. The van der Waals surface area contributed by atoms with E-state index in [1.807, 2.05) is 60.8 Å². The molecule has 0 saturated carbocycles. The number of guanidine groups is 1. The Morgan fingerprint density at radius 1 is 0.962 bits per heavy atom. The Morgan fingerprint density at radius 2 is 1.67 bits per heavy atom. The number of aromatic hydroxyl groups is 1. The lowest BCUT2D eigenvalue weighted by Crippen LogP contribution is -2.52. The summed E-state index contributed by atoms with van der Waals surface area (Å²) in [5.41, 5.74) is 21.1. The maximum atomic E-state index is 14.4. The number of para-hydroxylation sites is 1. The number of nitrogens with zero attached hydrogens (tertiary/aromatic N) is 3. The van der Waals surface area contributed by atoms with E-state index in [1.54, 1.807) is 26.0 Å². The first kappa shape index (κ1) is 36.9. The van der Waals surface area contributed by atoms with Crippen molar-refractivity contribution in [3.05, 3.63) is 112 Å². The number of rotatable bonds is 16. The number of primary amides is 1. The van der Waals surface area contributed by atoms with Crippen molar-refractivity contribution in [1.29, 1.82) is 0 Å². The molecule has 10 N–H and O–H groups in total. The topological polar surface area (TPSA) is 250 Å². The van der Waals surface area contributed by atoms with E-state index in [0.717, 1.165) is 27.6 Å². The molecule has 3 aromatic carbocycles. The first-order valence-corrected chi connectivity index (χ1v) is 16.8. The second-order valence-corrected chi connectivity index (χ2v) is 12.5. The van der Waals surface area contributed by atoms with E-state index in [1.165, 1.54) is 0 Å². The van der Waals surface area contributed by atoms with Gasteiger partial charge in [0.05, 0.1) is 0 Å². The summed E-state index contributed by atoms with van der Waals surface area (Å²) in [6.07, 6.45) is 0.423. The number of carbonyl (C=O) groups is 3. The number of hydrogen-bond acceptors (Lipinski definition) is 9. The van der Waals surface area contributed by atoms with Crippen molar-refractivity contribution in [2.45, 2.75) is 64.1 Å². The summed E-state index contributed by atoms with van der Waals surface area (Å²) in [5, 5.41) is 21.1. The zero-order chi connectivity index (χ0) is 37.2. The fraction of sp³-hybridized carbons (Fsp3) is 0.297. The molecule has 0 saturated heterocycles. The van der Waals surface area contributed by atoms with E-state index >= 15 is 0 Å². The van der Waals surface area contributed by atoms with Crippen molar-refractivity contribution in [3.63, 3.8) is 0 Å². The van der Waals surface area contributed by atoms with Gasteiger partial charge in [0, 0.05) is 42.9 Å². The van der Waals surface area contributed by atoms with Crippen LogP contribution in [0.15, 0.2) is 82.4 Å². The molecule has 5 aromatic rings. The molecule has 0 bridgehead atoms. The predicted molar refractivity (Wildman–Crippen MR) is 194 cm³/mol. The Bertz CT molecular complexity index is 2010. The van der Waals surface area contributed by atoms with Crippen LogP contribution in [0.2, 0.25) is 0 Å². The molecule has 3 atom stereocenters. The molecule has 3 amide bonds. The van der Waals surface area contributed by atoms with Crippen LogP contribution in [-0.2, 0) is 33.6 Å². The molecule has 0 fully saturated rings. The molecule has 5 rings (SSSR count). The minimum absolute atomic E-state index is 0.0342.